The van der Waals surface area contributed by atoms with E-state index in [1.54, 1.807) is 0 Å². The van der Waals surface area contributed by atoms with Crippen LogP contribution in [0.3, 0.4) is 0 Å². The molecule has 1 rings (SSSR count). The molecule has 0 fully saturated rings. The Morgan fingerprint density at radius 3 is 1.18 bits per heavy atom. The summed E-state index contributed by atoms with van der Waals surface area (Å²) in [7, 11) is -6.09. The van der Waals surface area contributed by atoms with E-state index < -0.39 is 15.6 Å². The van der Waals surface area contributed by atoms with Gasteiger partial charge in [-0.1, -0.05) is 24.3 Å². The molecule has 0 amide bonds. The molecular weight excluding hydrogens is 348 g/mol. The second-order valence-corrected chi connectivity index (χ2v) is 4.37. The van der Waals surface area contributed by atoms with Gasteiger partial charge < -0.3 is 4.55 Å². The van der Waals surface area contributed by atoms with Gasteiger partial charge in [0.05, 0.1) is 0 Å². The van der Waals surface area contributed by atoms with Crippen molar-refractivity contribution in [2.24, 2.45) is 0 Å². The van der Waals surface area contributed by atoms with Crippen molar-refractivity contribution in [1.82, 2.24) is 0 Å². The van der Waals surface area contributed by atoms with Gasteiger partial charge in [-0.2, -0.15) is 13.2 Å². The second-order valence-electron chi connectivity index (χ2n) is 3.00. The van der Waals surface area contributed by atoms with Crippen molar-refractivity contribution < 1.29 is 45.6 Å². The molecule has 0 aliphatic heterocycles. The van der Waals surface area contributed by atoms with E-state index in [4.69, 9.17) is 13.0 Å². The summed E-state index contributed by atoms with van der Waals surface area (Å²) >= 11 is 0. The number of halogens is 3. The normalized spacial score (nSPS) is 16.0. The number of allylic oxidation sites excluding steroid dienone is 4. The van der Waals surface area contributed by atoms with E-state index >= 15 is 0 Å². The van der Waals surface area contributed by atoms with E-state index in [2.05, 4.69) is 24.3 Å². The molecule has 0 bridgehead atoms. The maximum absolute atomic E-state index is 10.7. The fourth-order valence-electron chi connectivity index (χ4n) is 0.856. The Kier molecular flexibility index (Phi) is 9.95. The van der Waals surface area contributed by atoms with Crippen LogP contribution in [0.25, 0.3) is 0 Å². The molecule has 1 aliphatic carbocycles. The van der Waals surface area contributed by atoms with E-state index in [-0.39, 0.29) is 19.5 Å². The fourth-order valence-corrected chi connectivity index (χ4v) is 0.856. The van der Waals surface area contributed by atoms with Crippen LogP contribution < -0.4 is 0 Å². The molecule has 8 heteroatoms. The SMILES string of the molecule is C1=CCCC=CCC1.O=S(=O)([O-])C(F)(F)F.[Rh]. The molecule has 0 aromatic heterocycles. The summed E-state index contributed by atoms with van der Waals surface area (Å²) in [6.07, 6.45) is 14.0. The molecule has 3 nitrogen and oxygen atoms in total. The predicted molar refractivity (Wildman–Crippen MR) is 52.5 cm³/mol. The Morgan fingerprint density at radius 2 is 1.06 bits per heavy atom. The maximum Gasteiger partial charge on any atom is 0.485 e. The van der Waals surface area contributed by atoms with Gasteiger partial charge in [0.15, 0.2) is 10.1 Å². The average molecular weight is 360 g/mol. The van der Waals surface area contributed by atoms with E-state index in [9.17, 15) is 13.2 Å². The Bertz CT molecular complexity index is 321. The largest absolute Gasteiger partial charge is 0.741 e. The Labute approximate surface area is 111 Å². The second kappa shape index (κ2) is 8.83. The summed E-state index contributed by atoms with van der Waals surface area (Å²) < 4.78 is 58.9. The van der Waals surface area contributed by atoms with E-state index in [1.165, 1.54) is 25.7 Å². The number of hydrogen-bond acceptors (Lipinski definition) is 3. The summed E-state index contributed by atoms with van der Waals surface area (Å²) in [5.41, 5.74) is -5.65. The molecule has 0 atom stereocenters. The van der Waals surface area contributed by atoms with Crippen LogP contribution in [-0.4, -0.2) is 18.5 Å². The quantitative estimate of drug-likeness (QED) is 0.289. The van der Waals surface area contributed by atoms with Gasteiger partial charge in [0.25, 0.3) is 0 Å². The van der Waals surface area contributed by atoms with Crippen LogP contribution in [0.2, 0.25) is 0 Å². The van der Waals surface area contributed by atoms with Crippen molar-refractivity contribution in [1.29, 1.82) is 0 Å². The van der Waals surface area contributed by atoms with Crippen molar-refractivity contribution in [3.63, 3.8) is 0 Å². The Morgan fingerprint density at radius 1 is 0.882 bits per heavy atom. The third kappa shape index (κ3) is 10.7. The van der Waals surface area contributed by atoms with Crippen molar-refractivity contribution in [2.75, 3.05) is 0 Å². The van der Waals surface area contributed by atoms with Gasteiger partial charge in [-0.3, -0.25) is 0 Å². The van der Waals surface area contributed by atoms with Gasteiger partial charge in [0.2, 0.25) is 0 Å². The number of hydrogen-bond donors (Lipinski definition) is 0. The first-order valence-corrected chi connectivity index (χ1v) is 5.98. The molecule has 1 aliphatic rings. The molecule has 0 unspecified atom stereocenters. The van der Waals surface area contributed by atoms with Gasteiger partial charge in [0.1, 0.15) is 0 Å². The van der Waals surface area contributed by atoms with Crippen LogP contribution in [0.5, 0.6) is 0 Å². The van der Waals surface area contributed by atoms with Crippen molar-refractivity contribution in [3.05, 3.63) is 24.3 Å². The van der Waals surface area contributed by atoms with Crippen LogP contribution in [0, 0.1) is 0 Å². The van der Waals surface area contributed by atoms with Gasteiger partial charge in [0, 0.05) is 19.5 Å². The van der Waals surface area contributed by atoms with Crippen LogP contribution in [0.4, 0.5) is 13.2 Å². The van der Waals surface area contributed by atoms with E-state index in [0.29, 0.717) is 0 Å². The molecule has 0 heterocycles. The first kappa shape index (κ1) is 19.2. The maximum atomic E-state index is 10.7. The Hall–Kier alpha value is -0.197. The van der Waals surface area contributed by atoms with Crippen LogP contribution in [0.1, 0.15) is 25.7 Å². The van der Waals surface area contributed by atoms with Gasteiger partial charge in [-0.15, -0.1) is 0 Å². The molecule has 0 N–H and O–H groups in total. The minimum Gasteiger partial charge on any atom is -0.741 e. The first-order chi connectivity index (χ1) is 7.25. The van der Waals surface area contributed by atoms with E-state index in [0.717, 1.165) is 0 Å². The summed E-state index contributed by atoms with van der Waals surface area (Å²) in [5, 5.41) is 0. The average Bonchev–Trinajstić information content (AvgIpc) is 1.98. The molecule has 0 spiro atoms. The van der Waals surface area contributed by atoms with Gasteiger partial charge in [-0.05, 0) is 25.7 Å². The summed E-state index contributed by atoms with van der Waals surface area (Å²) in [4.78, 5) is 0. The Balaban J connectivity index is 0. The molecule has 17 heavy (non-hydrogen) atoms. The number of rotatable bonds is 0. The number of alkyl halides is 3. The molecule has 0 aromatic rings. The van der Waals surface area contributed by atoms with E-state index in [1.807, 2.05) is 0 Å². The molecule has 0 saturated heterocycles. The molecule has 103 valence electrons. The summed E-state index contributed by atoms with van der Waals surface area (Å²) in [6.45, 7) is 0. The molecule has 0 aromatic carbocycles. The smallest absolute Gasteiger partial charge is 0.485 e. The monoisotopic (exact) mass is 360 g/mol. The van der Waals surface area contributed by atoms with Crippen LogP contribution in [0.15, 0.2) is 24.3 Å². The van der Waals surface area contributed by atoms with Crippen molar-refractivity contribution >= 4 is 10.1 Å². The van der Waals surface area contributed by atoms with Crippen molar-refractivity contribution in [3.8, 4) is 0 Å². The zero-order valence-electron chi connectivity index (χ0n) is 8.74. The van der Waals surface area contributed by atoms with Crippen LogP contribution in [-0.2, 0) is 29.6 Å². The predicted octanol–water partition coefficient (Wildman–Crippen LogP) is 2.72. The summed E-state index contributed by atoms with van der Waals surface area (Å²) in [5.74, 6) is 0. The topological polar surface area (TPSA) is 57.2 Å². The third-order valence-corrected chi connectivity index (χ3v) is 2.18. The summed E-state index contributed by atoms with van der Waals surface area (Å²) in [6, 6.07) is 0. The van der Waals surface area contributed by atoms with Crippen LogP contribution >= 0.6 is 0 Å². The van der Waals surface area contributed by atoms with Gasteiger partial charge in [-0.25, -0.2) is 8.42 Å². The minimum absolute atomic E-state index is 0. The third-order valence-electron chi connectivity index (χ3n) is 1.62. The molecular formula is C9H12F3O3RhS-. The van der Waals surface area contributed by atoms with Crippen molar-refractivity contribution in [2.45, 2.75) is 31.2 Å². The van der Waals surface area contributed by atoms with Gasteiger partial charge >= 0.3 is 5.51 Å². The first-order valence-electron chi connectivity index (χ1n) is 4.57. The molecule has 0 saturated carbocycles. The minimum atomic E-state index is -6.09. The zero-order valence-corrected chi connectivity index (χ0v) is 11.2. The fraction of sp³-hybridized carbons (Fsp3) is 0.556. The zero-order chi connectivity index (χ0) is 12.7. The standard InChI is InChI=1S/C8H12.CHF3O3S.Rh/c1-2-4-6-8-7-5-3-1;2-1(3,4)8(5,6)7;/h1-2,7-8H,3-6H2;(H,5,6,7);/p-1. The molecule has 1 radical (unpaired) electrons.